The molecule has 2 unspecified atom stereocenters. The summed E-state index contributed by atoms with van der Waals surface area (Å²) >= 11 is 0. The fourth-order valence-corrected chi connectivity index (χ4v) is 5.56. The van der Waals surface area contributed by atoms with E-state index in [9.17, 15) is 8.42 Å². The van der Waals surface area contributed by atoms with E-state index in [4.69, 9.17) is 5.73 Å². The highest BCUT2D eigenvalue weighted by atomic mass is 32.2. The first-order valence-electron chi connectivity index (χ1n) is 8.39. The molecular formula is C15H31N3O2S. The molecule has 0 aromatic rings. The molecule has 21 heavy (non-hydrogen) atoms. The van der Waals surface area contributed by atoms with Crippen molar-refractivity contribution in [2.24, 2.45) is 11.7 Å². The fraction of sp³-hybridized carbons (Fsp3) is 1.00. The van der Waals surface area contributed by atoms with Crippen molar-refractivity contribution in [3.63, 3.8) is 0 Å². The summed E-state index contributed by atoms with van der Waals surface area (Å²) in [7, 11) is 0.125. The second-order valence-electron chi connectivity index (χ2n) is 6.68. The Balaban J connectivity index is 2.09. The Kier molecular flexibility index (Phi) is 6.05. The second kappa shape index (κ2) is 7.40. The van der Waals surface area contributed by atoms with Crippen LogP contribution in [0.1, 0.15) is 57.8 Å². The van der Waals surface area contributed by atoms with Gasteiger partial charge >= 0.3 is 0 Å². The van der Waals surface area contributed by atoms with Gasteiger partial charge < -0.3 is 5.73 Å². The van der Waals surface area contributed by atoms with Crippen molar-refractivity contribution in [3.05, 3.63) is 0 Å². The number of rotatable bonds is 5. The summed E-state index contributed by atoms with van der Waals surface area (Å²) < 4.78 is 29.0. The third kappa shape index (κ3) is 3.78. The van der Waals surface area contributed by atoms with Gasteiger partial charge in [-0.1, -0.05) is 32.1 Å². The van der Waals surface area contributed by atoms with Gasteiger partial charge in [0.05, 0.1) is 0 Å². The van der Waals surface area contributed by atoms with E-state index in [1.54, 1.807) is 22.7 Å². The molecule has 2 fully saturated rings. The first kappa shape index (κ1) is 17.2. The SMILES string of the molecule is CN(C1CCCCC1)S(=O)(=O)N(C)C1CCCCC1CN. The highest BCUT2D eigenvalue weighted by Crippen LogP contribution is 2.31. The predicted octanol–water partition coefficient (Wildman–Crippen LogP) is 1.94. The van der Waals surface area contributed by atoms with E-state index in [0.29, 0.717) is 12.5 Å². The maximum Gasteiger partial charge on any atom is 0.281 e. The van der Waals surface area contributed by atoms with Crippen LogP contribution in [0.25, 0.3) is 0 Å². The van der Waals surface area contributed by atoms with Crippen molar-refractivity contribution in [2.75, 3.05) is 20.6 Å². The lowest BCUT2D eigenvalue weighted by Crippen LogP contribution is -2.52. The van der Waals surface area contributed by atoms with Gasteiger partial charge in [-0.2, -0.15) is 17.0 Å². The minimum absolute atomic E-state index is 0.0693. The van der Waals surface area contributed by atoms with Crippen LogP contribution in [0.2, 0.25) is 0 Å². The van der Waals surface area contributed by atoms with Gasteiger partial charge in [-0.3, -0.25) is 0 Å². The normalized spacial score (nSPS) is 29.2. The molecule has 6 heteroatoms. The Hall–Kier alpha value is -0.170. The van der Waals surface area contributed by atoms with Crippen LogP contribution in [0.15, 0.2) is 0 Å². The van der Waals surface area contributed by atoms with Crippen LogP contribution in [0.4, 0.5) is 0 Å². The van der Waals surface area contributed by atoms with Gasteiger partial charge in [0.15, 0.2) is 0 Å². The zero-order valence-corrected chi connectivity index (χ0v) is 14.3. The minimum Gasteiger partial charge on any atom is -0.330 e. The summed E-state index contributed by atoms with van der Waals surface area (Å²) in [6.45, 7) is 0.581. The number of nitrogens with zero attached hydrogens (tertiary/aromatic N) is 2. The first-order valence-corrected chi connectivity index (χ1v) is 9.79. The largest absolute Gasteiger partial charge is 0.330 e. The van der Waals surface area contributed by atoms with E-state index in [1.807, 2.05) is 0 Å². The minimum atomic E-state index is -3.37. The van der Waals surface area contributed by atoms with Crippen molar-refractivity contribution in [2.45, 2.75) is 69.9 Å². The van der Waals surface area contributed by atoms with Crippen LogP contribution in [0.3, 0.4) is 0 Å². The summed E-state index contributed by atoms with van der Waals surface area (Å²) in [6.07, 6.45) is 9.77. The average Bonchev–Trinajstić information content (AvgIpc) is 2.54. The van der Waals surface area contributed by atoms with Gasteiger partial charge in [-0.15, -0.1) is 0 Å². The topological polar surface area (TPSA) is 66.6 Å². The molecule has 0 aromatic carbocycles. The maximum atomic E-state index is 12.9. The zero-order chi connectivity index (χ0) is 15.5. The summed E-state index contributed by atoms with van der Waals surface area (Å²) in [5, 5.41) is 0. The molecule has 2 saturated carbocycles. The van der Waals surface area contributed by atoms with Crippen molar-refractivity contribution in [1.29, 1.82) is 0 Å². The highest BCUT2D eigenvalue weighted by molar-refractivity contribution is 7.86. The van der Waals surface area contributed by atoms with Gasteiger partial charge in [0.1, 0.15) is 0 Å². The second-order valence-corrected chi connectivity index (χ2v) is 8.73. The molecular weight excluding hydrogens is 286 g/mol. The number of hydrogen-bond donors (Lipinski definition) is 1. The standard InChI is InChI=1S/C15H31N3O2S/c1-17(14-9-4-3-5-10-14)21(19,20)18(2)15-11-7-6-8-13(15)12-16/h13-15H,3-12,16H2,1-2H3. The molecule has 2 N–H and O–H groups in total. The summed E-state index contributed by atoms with van der Waals surface area (Å²) in [6, 6.07) is 0.242. The van der Waals surface area contributed by atoms with Crippen LogP contribution in [0.5, 0.6) is 0 Å². The quantitative estimate of drug-likeness (QED) is 0.843. The first-order chi connectivity index (χ1) is 9.98. The molecule has 2 atom stereocenters. The Labute approximate surface area is 130 Å². The van der Waals surface area contributed by atoms with Gasteiger partial charge in [0, 0.05) is 26.2 Å². The molecule has 0 amide bonds. The lowest BCUT2D eigenvalue weighted by molar-refractivity contribution is 0.186. The van der Waals surface area contributed by atoms with Crippen molar-refractivity contribution < 1.29 is 8.42 Å². The molecule has 5 nitrogen and oxygen atoms in total. The highest BCUT2D eigenvalue weighted by Gasteiger charge is 2.37. The van der Waals surface area contributed by atoms with Crippen LogP contribution in [-0.4, -0.2) is 49.8 Å². The molecule has 124 valence electrons. The molecule has 0 bridgehead atoms. The van der Waals surface area contributed by atoms with Crippen molar-refractivity contribution >= 4 is 10.2 Å². The Morgan fingerprint density at radius 3 is 2.10 bits per heavy atom. The summed E-state index contributed by atoms with van der Waals surface area (Å²) in [5.74, 6) is 0.304. The Bertz CT molecular complexity index is 421. The molecule has 0 heterocycles. The molecule has 2 aliphatic rings. The van der Waals surface area contributed by atoms with Crippen LogP contribution < -0.4 is 5.73 Å². The van der Waals surface area contributed by atoms with Crippen LogP contribution in [-0.2, 0) is 10.2 Å². The third-order valence-electron chi connectivity index (χ3n) is 5.46. The van der Waals surface area contributed by atoms with E-state index in [2.05, 4.69) is 0 Å². The molecule has 0 spiro atoms. The van der Waals surface area contributed by atoms with Gasteiger partial charge in [-0.25, -0.2) is 0 Å². The van der Waals surface area contributed by atoms with E-state index < -0.39 is 10.2 Å². The lowest BCUT2D eigenvalue weighted by Gasteiger charge is -2.40. The molecule has 2 rings (SSSR count). The van der Waals surface area contributed by atoms with Crippen molar-refractivity contribution in [1.82, 2.24) is 8.61 Å². The average molecular weight is 317 g/mol. The monoisotopic (exact) mass is 317 g/mol. The van der Waals surface area contributed by atoms with Crippen molar-refractivity contribution in [3.8, 4) is 0 Å². The van der Waals surface area contributed by atoms with Gasteiger partial charge in [0.2, 0.25) is 0 Å². The Morgan fingerprint density at radius 1 is 0.905 bits per heavy atom. The predicted molar refractivity (Wildman–Crippen MR) is 86.1 cm³/mol. The van der Waals surface area contributed by atoms with E-state index in [0.717, 1.165) is 44.9 Å². The summed E-state index contributed by atoms with van der Waals surface area (Å²) in [4.78, 5) is 0. The van der Waals surface area contributed by atoms with Gasteiger partial charge in [0.25, 0.3) is 10.2 Å². The molecule has 0 aromatic heterocycles. The van der Waals surface area contributed by atoms with Gasteiger partial charge in [-0.05, 0) is 38.1 Å². The van der Waals surface area contributed by atoms with E-state index in [-0.39, 0.29) is 12.1 Å². The molecule has 0 aliphatic heterocycles. The maximum absolute atomic E-state index is 12.9. The molecule has 0 saturated heterocycles. The fourth-order valence-electron chi connectivity index (χ4n) is 3.95. The molecule has 0 radical (unpaired) electrons. The zero-order valence-electron chi connectivity index (χ0n) is 13.5. The summed E-state index contributed by atoms with van der Waals surface area (Å²) in [5.41, 5.74) is 5.86. The molecule has 2 aliphatic carbocycles. The Morgan fingerprint density at radius 2 is 1.48 bits per heavy atom. The van der Waals surface area contributed by atoms with Crippen LogP contribution in [0, 0.1) is 5.92 Å². The smallest absolute Gasteiger partial charge is 0.281 e. The third-order valence-corrected chi connectivity index (χ3v) is 7.48. The lowest BCUT2D eigenvalue weighted by atomic mass is 9.85. The number of nitrogens with two attached hydrogens (primary N) is 1. The van der Waals surface area contributed by atoms with Crippen LogP contribution >= 0.6 is 0 Å². The number of hydrogen-bond acceptors (Lipinski definition) is 3. The van der Waals surface area contributed by atoms with E-state index >= 15 is 0 Å². The van der Waals surface area contributed by atoms with E-state index in [1.165, 1.54) is 12.8 Å².